The first kappa shape index (κ1) is 54.6. The molecule has 0 saturated carbocycles. The van der Waals surface area contributed by atoms with Gasteiger partial charge >= 0.3 is 0 Å². The highest BCUT2D eigenvalue weighted by Crippen LogP contribution is 2.41. The van der Waals surface area contributed by atoms with E-state index in [1.807, 2.05) is 50.2 Å². The van der Waals surface area contributed by atoms with E-state index in [9.17, 15) is 29.2 Å². The van der Waals surface area contributed by atoms with Crippen molar-refractivity contribution >= 4 is 42.7 Å². The molecule has 68 heavy (non-hydrogen) atoms. The van der Waals surface area contributed by atoms with Crippen LogP contribution in [0.5, 0.6) is 23.0 Å². The van der Waals surface area contributed by atoms with Gasteiger partial charge in [0, 0.05) is 74.3 Å². The molecule has 0 aromatic heterocycles. The molecule has 4 aromatic carbocycles. The maximum atomic E-state index is 14.8. The Morgan fingerprint density at radius 2 is 1.46 bits per heavy atom. The highest BCUT2D eigenvalue weighted by Gasteiger charge is 2.36. The molecule has 1 aliphatic heterocycles. The third-order valence-electron chi connectivity index (χ3n) is 12.3. The molecule has 7 N–H and O–H groups in total. The van der Waals surface area contributed by atoms with Gasteiger partial charge in [0.2, 0.25) is 11.8 Å². The summed E-state index contributed by atoms with van der Waals surface area (Å²) in [5, 5.41) is 12.1. The average molecular weight is 949 g/mol. The minimum atomic E-state index is -1.23. The monoisotopic (exact) mass is 948 g/mol. The molecule has 14 nitrogen and oxygen atoms in total. The normalized spacial score (nSPS) is 16.5. The number of fused-ring (bicyclic) bond motifs is 5. The van der Waals surface area contributed by atoms with E-state index < -0.39 is 41.5 Å². The average Bonchev–Trinajstić information content (AvgIpc) is 3.30. The smallest absolute Gasteiger partial charge is 0.226 e. The van der Waals surface area contributed by atoms with Crippen molar-refractivity contribution in [2.24, 2.45) is 29.0 Å². The van der Waals surface area contributed by atoms with E-state index in [0.29, 0.717) is 56.4 Å². The van der Waals surface area contributed by atoms with Gasteiger partial charge in [-0.25, -0.2) is 0 Å². The van der Waals surface area contributed by atoms with Crippen LogP contribution in [-0.2, 0) is 31.0 Å². The van der Waals surface area contributed by atoms with Gasteiger partial charge in [-0.3, -0.25) is 24.0 Å². The lowest BCUT2D eigenvalue weighted by Crippen LogP contribution is -2.46. The van der Waals surface area contributed by atoms with Gasteiger partial charge in [0.25, 0.3) is 0 Å². The van der Waals surface area contributed by atoms with Crippen molar-refractivity contribution in [3.63, 3.8) is 0 Å². The molecule has 0 unspecified atom stereocenters. The fraction of sp³-hybridized carbons (Fsp3) is 0.434. The van der Waals surface area contributed by atoms with Crippen LogP contribution in [0.15, 0.2) is 72.8 Å². The van der Waals surface area contributed by atoms with Crippen LogP contribution in [0.25, 0.3) is 11.1 Å². The number of carbonyl (C=O) groups excluding carboxylic acids is 5. The molecule has 4 bridgehead atoms. The molecule has 1 aliphatic rings. The van der Waals surface area contributed by atoms with Crippen molar-refractivity contribution < 1.29 is 38.2 Å². The topological polar surface area (TPSA) is 230 Å². The number of amides is 2. The van der Waals surface area contributed by atoms with Gasteiger partial charge < -0.3 is 41.6 Å². The Kier molecular flexibility index (Phi) is 19.9. The number of hydrogen-bond donors (Lipinski definition) is 4. The second-order valence-corrected chi connectivity index (χ2v) is 18.3. The van der Waals surface area contributed by atoms with Crippen LogP contribution in [0.1, 0.15) is 104 Å². The standard InChI is InChI=1S/C53H66N6O8.H2S/c1-32-27-46(62)50(59(7)52(64)37(20-22-55)31-45(61)40-16-19-47(34(3)33(40)2)67-39-14-12-38(13-15-39)53(4,5)6)36-11-18-49(66-26-24-57)42(30-36)41-28-35(10-17-48(41)65-25-23-56)29-43(58-51(32)63)44(60)9-8-21-54;/h10-19,28,30,32,37,43,50H,8-9,20,22-27,29,31,55-57H2,1-7H3,(H,58,63);1H2/t32-,37-,43+,50+;/m1./s1. The maximum Gasteiger partial charge on any atom is 0.226 e. The van der Waals surface area contributed by atoms with E-state index in [1.165, 1.54) is 17.5 Å². The van der Waals surface area contributed by atoms with Crippen molar-refractivity contribution in [3.05, 3.63) is 106 Å². The number of nitrogens with two attached hydrogens (primary N) is 3. The molecule has 0 saturated heterocycles. The second kappa shape index (κ2) is 24.8. The molecule has 0 spiro atoms. The summed E-state index contributed by atoms with van der Waals surface area (Å²) < 4.78 is 18.5. The van der Waals surface area contributed by atoms with E-state index in [1.54, 1.807) is 49.4 Å². The third-order valence-corrected chi connectivity index (χ3v) is 12.3. The summed E-state index contributed by atoms with van der Waals surface area (Å²) in [4.78, 5) is 72.4. The second-order valence-electron chi connectivity index (χ2n) is 18.3. The SMILES string of the molecule is Cc1c(Oc2ccc(C(C)(C)C)cc2)ccc(C(=O)C[C@@H](CCN)C(=O)N(C)[C@@H]2C(=O)C[C@@H](C)C(=O)N[C@H](C(=O)CCC#N)Cc3ccc(OCCN)c(c3)-c3cc2ccc3OCCN)c1C.S. The summed E-state index contributed by atoms with van der Waals surface area (Å²) in [5.74, 6) is -1.75. The summed E-state index contributed by atoms with van der Waals surface area (Å²) in [6, 6.07) is 21.7. The van der Waals surface area contributed by atoms with E-state index in [4.69, 9.17) is 31.4 Å². The Morgan fingerprint density at radius 3 is 2.06 bits per heavy atom. The molecule has 15 heteroatoms. The number of ether oxygens (including phenoxy) is 3. The van der Waals surface area contributed by atoms with E-state index in [0.717, 1.165) is 5.56 Å². The minimum absolute atomic E-state index is 0. The lowest BCUT2D eigenvalue weighted by Gasteiger charge is -2.32. The van der Waals surface area contributed by atoms with E-state index in [2.05, 4.69) is 26.1 Å². The van der Waals surface area contributed by atoms with Crippen LogP contribution in [0.4, 0.5) is 0 Å². The number of hydrogen-bond acceptors (Lipinski definition) is 12. The maximum absolute atomic E-state index is 14.8. The molecule has 2 amide bonds. The van der Waals surface area contributed by atoms with Crippen LogP contribution in [0.3, 0.4) is 0 Å². The van der Waals surface area contributed by atoms with Gasteiger partial charge in [0.15, 0.2) is 17.3 Å². The molecule has 4 atom stereocenters. The zero-order valence-electron chi connectivity index (χ0n) is 40.4. The number of likely N-dealkylation sites (N-methyl/N-ethyl adjacent to an activating group) is 1. The van der Waals surface area contributed by atoms with Crippen LogP contribution < -0.4 is 36.7 Å². The zero-order chi connectivity index (χ0) is 49.0. The van der Waals surface area contributed by atoms with Gasteiger partial charge in [0.1, 0.15) is 42.3 Å². The highest BCUT2D eigenvalue weighted by molar-refractivity contribution is 7.59. The summed E-state index contributed by atoms with van der Waals surface area (Å²) >= 11 is 0. The lowest BCUT2D eigenvalue weighted by molar-refractivity contribution is -0.142. The Morgan fingerprint density at radius 1 is 0.838 bits per heavy atom. The number of nitrogens with one attached hydrogen (secondary N) is 1. The quantitative estimate of drug-likeness (QED) is 0.0733. The van der Waals surface area contributed by atoms with E-state index >= 15 is 0 Å². The number of Topliss-reactive ketones (excluding diaryl/α,β-unsaturated/α-hetero) is 3. The molecular weight excluding hydrogens is 881 g/mol. The van der Waals surface area contributed by atoms with Crippen LogP contribution in [0, 0.1) is 37.0 Å². The van der Waals surface area contributed by atoms with E-state index in [-0.39, 0.29) is 102 Å². The largest absolute Gasteiger partial charge is 0.492 e. The zero-order valence-corrected chi connectivity index (χ0v) is 41.4. The summed E-state index contributed by atoms with van der Waals surface area (Å²) in [7, 11) is 1.52. The van der Waals surface area contributed by atoms with Crippen LogP contribution in [-0.4, -0.2) is 80.0 Å². The number of rotatable bonds is 18. The molecular formula is C53H68N6O8S. The van der Waals surface area contributed by atoms with Crippen molar-refractivity contribution in [1.82, 2.24) is 10.2 Å². The number of ketones is 3. The Labute approximate surface area is 407 Å². The summed E-state index contributed by atoms with van der Waals surface area (Å²) in [6.07, 6.45) is -0.321. The van der Waals surface area contributed by atoms with Crippen LogP contribution in [0.2, 0.25) is 0 Å². The van der Waals surface area contributed by atoms with Crippen LogP contribution >= 0.6 is 13.5 Å². The Balaban J connectivity index is 0.0000101. The first-order chi connectivity index (χ1) is 31.9. The molecule has 0 fully saturated rings. The predicted octanol–water partition coefficient (Wildman–Crippen LogP) is 7.09. The first-order valence-corrected chi connectivity index (χ1v) is 23.0. The van der Waals surface area contributed by atoms with Gasteiger partial charge in [-0.1, -0.05) is 52.0 Å². The molecule has 5 rings (SSSR count). The highest BCUT2D eigenvalue weighted by atomic mass is 32.1. The number of benzene rings is 4. The summed E-state index contributed by atoms with van der Waals surface area (Å²) in [6.45, 7) is 12.6. The molecule has 1 heterocycles. The minimum Gasteiger partial charge on any atom is -0.492 e. The Hall–Kier alpha value is -6.05. The van der Waals surface area contributed by atoms with Crippen molar-refractivity contribution in [3.8, 4) is 40.2 Å². The fourth-order valence-electron chi connectivity index (χ4n) is 8.33. The Bertz CT molecular complexity index is 2480. The van der Waals surface area contributed by atoms with Gasteiger partial charge in [-0.05, 0) is 115 Å². The number of nitrogens with zero attached hydrogens (tertiary/aromatic N) is 2. The molecule has 0 aliphatic carbocycles. The fourth-order valence-corrected chi connectivity index (χ4v) is 8.33. The predicted molar refractivity (Wildman–Crippen MR) is 268 cm³/mol. The number of nitriles is 1. The lowest BCUT2D eigenvalue weighted by atomic mass is 9.87. The van der Waals surface area contributed by atoms with Gasteiger partial charge in [0.05, 0.1) is 12.1 Å². The van der Waals surface area contributed by atoms with Crippen molar-refractivity contribution in [1.29, 1.82) is 5.26 Å². The molecule has 0 radical (unpaired) electrons. The molecule has 4 aromatic rings. The number of carbonyl (C=O) groups is 5. The van der Waals surface area contributed by atoms with Gasteiger partial charge in [-0.15, -0.1) is 0 Å². The summed E-state index contributed by atoms with van der Waals surface area (Å²) in [5.41, 5.74) is 23.1. The van der Waals surface area contributed by atoms with Crippen molar-refractivity contribution in [2.45, 2.75) is 97.6 Å². The molecule has 364 valence electrons. The first-order valence-electron chi connectivity index (χ1n) is 23.0. The third kappa shape index (κ3) is 13.6. The van der Waals surface area contributed by atoms with Crippen molar-refractivity contribution in [2.75, 3.05) is 39.9 Å². The van der Waals surface area contributed by atoms with Gasteiger partial charge in [-0.2, -0.15) is 18.8 Å².